The molecule has 0 aromatic heterocycles. The standard InChI is InChI=1S/C22H28N2O6S/c1-4-19(24(31(3,26)27)16-10-12-17(13-11-16)28-5-2)22(25)23-14-18-15-29-20-8-6-7-9-21(20)30-18/h6-13,18-19H,4-5,14-15H2,1-3H3,(H,23,25)/t18-,19-/m1/s1. The van der Waals surface area contributed by atoms with Crippen LogP contribution in [0.2, 0.25) is 0 Å². The molecule has 0 saturated heterocycles. The van der Waals surface area contributed by atoms with Crippen molar-refractivity contribution in [2.45, 2.75) is 32.4 Å². The fourth-order valence-corrected chi connectivity index (χ4v) is 4.62. The van der Waals surface area contributed by atoms with E-state index < -0.39 is 22.0 Å². The molecule has 8 nitrogen and oxygen atoms in total. The molecule has 0 fully saturated rings. The largest absolute Gasteiger partial charge is 0.494 e. The van der Waals surface area contributed by atoms with Crippen LogP contribution in [-0.2, 0) is 14.8 Å². The van der Waals surface area contributed by atoms with Crippen LogP contribution in [0.4, 0.5) is 5.69 Å². The first-order chi connectivity index (χ1) is 14.8. The Balaban J connectivity index is 1.71. The minimum atomic E-state index is -3.71. The minimum Gasteiger partial charge on any atom is -0.494 e. The minimum absolute atomic E-state index is 0.199. The first-order valence-electron chi connectivity index (χ1n) is 10.2. The molecule has 3 rings (SSSR count). The maximum atomic E-state index is 13.0. The third-order valence-electron chi connectivity index (χ3n) is 4.80. The Morgan fingerprint density at radius 1 is 1.16 bits per heavy atom. The summed E-state index contributed by atoms with van der Waals surface area (Å²) in [6, 6.07) is 13.1. The van der Waals surface area contributed by atoms with Crippen molar-refractivity contribution in [3.8, 4) is 17.2 Å². The second kappa shape index (κ2) is 9.91. The van der Waals surface area contributed by atoms with Crippen molar-refractivity contribution >= 4 is 21.6 Å². The molecule has 9 heteroatoms. The summed E-state index contributed by atoms with van der Waals surface area (Å²) in [6.45, 7) is 4.64. The van der Waals surface area contributed by atoms with Crippen LogP contribution in [0.25, 0.3) is 0 Å². The average Bonchev–Trinajstić information content (AvgIpc) is 2.75. The number of carbonyl (C=O) groups is 1. The molecule has 0 aliphatic carbocycles. The molecule has 1 aliphatic rings. The Kier molecular flexibility index (Phi) is 7.27. The van der Waals surface area contributed by atoms with Gasteiger partial charge in [-0.25, -0.2) is 8.42 Å². The van der Waals surface area contributed by atoms with Crippen LogP contribution in [0.3, 0.4) is 0 Å². The second-order valence-electron chi connectivity index (χ2n) is 7.15. The Bertz CT molecular complexity index is 993. The maximum Gasteiger partial charge on any atom is 0.244 e. The topological polar surface area (TPSA) is 94.2 Å². The molecule has 0 unspecified atom stereocenters. The number of para-hydroxylation sites is 2. The van der Waals surface area contributed by atoms with Crippen LogP contribution in [-0.4, -0.2) is 52.5 Å². The van der Waals surface area contributed by atoms with Gasteiger partial charge in [0.05, 0.1) is 25.1 Å². The number of rotatable bonds is 9. The summed E-state index contributed by atoms with van der Waals surface area (Å²) in [6.07, 6.45) is 1.03. The number of ether oxygens (including phenoxy) is 3. The summed E-state index contributed by atoms with van der Waals surface area (Å²) >= 11 is 0. The van der Waals surface area contributed by atoms with E-state index in [9.17, 15) is 13.2 Å². The van der Waals surface area contributed by atoms with Gasteiger partial charge in [-0.05, 0) is 49.7 Å². The zero-order valence-corrected chi connectivity index (χ0v) is 18.7. The molecule has 0 bridgehead atoms. The fourth-order valence-electron chi connectivity index (χ4n) is 3.41. The first kappa shape index (κ1) is 22.7. The predicted molar refractivity (Wildman–Crippen MR) is 118 cm³/mol. The zero-order valence-electron chi connectivity index (χ0n) is 17.9. The van der Waals surface area contributed by atoms with E-state index >= 15 is 0 Å². The van der Waals surface area contributed by atoms with Crippen LogP contribution in [0.5, 0.6) is 17.2 Å². The van der Waals surface area contributed by atoms with Crippen LogP contribution >= 0.6 is 0 Å². The van der Waals surface area contributed by atoms with E-state index in [0.29, 0.717) is 42.6 Å². The molecular weight excluding hydrogens is 420 g/mol. The zero-order chi connectivity index (χ0) is 22.4. The highest BCUT2D eigenvalue weighted by Crippen LogP contribution is 2.31. The Morgan fingerprint density at radius 3 is 2.45 bits per heavy atom. The third-order valence-corrected chi connectivity index (χ3v) is 5.98. The quantitative estimate of drug-likeness (QED) is 0.634. The smallest absolute Gasteiger partial charge is 0.244 e. The Morgan fingerprint density at radius 2 is 1.84 bits per heavy atom. The fraction of sp³-hybridized carbons (Fsp3) is 0.409. The van der Waals surface area contributed by atoms with Gasteiger partial charge in [0, 0.05) is 0 Å². The molecule has 1 heterocycles. The van der Waals surface area contributed by atoms with Gasteiger partial charge in [0.1, 0.15) is 24.5 Å². The van der Waals surface area contributed by atoms with Crippen LogP contribution < -0.4 is 23.8 Å². The highest BCUT2D eigenvalue weighted by atomic mass is 32.2. The lowest BCUT2D eigenvalue weighted by molar-refractivity contribution is -0.122. The van der Waals surface area contributed by atoms with E-state index in [1.807, 2.05) is 25.1 Å². The molecule has 168 valence electrons. The lowest BCUT2D eigenvalue weighted by Crippen LogP contribution is -2.51. The summed E-state index contributed by atoms with van der Waals surface area (Å²) in [5, 5.41) is 2.81. The second-order valence-corrected chi connectivity index (χ2v) is 9.01. The Hall–Kier alpha value is -2.94. The molecule has 1 N–H and O–H groups in total. The number of anilines is 1. The molecule has 2 atom stereocenters. The van der Waals surface area contributed by atoms with Crippen molar-refractivity contribution in [3.63, 3.8) is 0 Å². The summed E-state index contributed by atoms with van der Waals surface area (Å²) in [4.78, 5) is 13.0. The van der Waals surface area contributed by atoms with Crippen molar-refractivity contribution in [1.29, 1.82) is 0 Å². The number of benzene rings is 2. The van der Waals surface area contributed by atoms with E-state index in [4.69, 9.17) is 14.2 Å². The summed E-state index contributed by atoms with van der Waals surface area (Å²) in [5.41, 5.74) is 0.402. The highest BCUT2D eigenvalue weighted by Gasteiger charge is 2.32. The van der Waals surface area contributed by atoms with Gasteiger partial charge in [-0.15, -0.1) is 0 Å². The number of sulfonamides is 1. The van der Waals surface area contributed by atoms with Crippen molar-refractivity contribution in [3.05, 3.63) is 48.5 Å². The highest BCUT2D eigenvalue weighted by molar-refractivity contribution is 7.92. The van der Waals surface area contributed by atoms with E-state index in [1.54, 1.807) is 37.3 Å². The van der Waals surface area contributed by atoms with Gasteiger partial charge in [0.25, 0.3) is 0 Å². The van der Waals surface area contributed by atoms with Gasteiger partial charge in [0.2, 0.25) is 15.9 Å². The van der Waals surface area contributed by atoms with Crippen molar-refractivity contribution in [2.75, 3.05) is 30.3 Å². The average molecular weight is 449 g/mol. The van der Waals surface area contributed by atoms with Gasteiger partial charge < -0.3 is 19.5 Å². The van der Waals surface area contributed by atoms with Gasteiger partial charge >= 0.3 is 0 Å². The number of nitrogens with zero attached hydrogens (tertiary/aromatic N) is 1. The molecule has 0 spiro atoms. The van der Waals surface area contributed by atoms with Gasteiger partial charge in [0.15, 0.2) is 11.5 Å². The number of hydrogen-bond acceptors (Lipinski definition) is 6. The van der Waals surface area contributed by atoms with E-state index in [1.165, 1.54) is 0 Å². The molecule has 1 aliphatic heterocycles. The number of nitrogens with one attached hydrogen (secondary N) is 1. The lowest BCUT2D eigenvalue weighted by Gasteiger charge is -2.31. The first-order valence-corrected chi connectivity index (χ1v) is 12.1. The number of amides is 1. The van der Waals surface area contributed by atoms with E-state index in [0.717, 1.165) is 10.6 Å². The van der Waals surface area contributed by atoms with Crippen molar-refractivity contribution < 1.29 is 27.4 Å². The summed E-state index contributed by atoms with van der Waals surface area (Å²) in [5.74, 6) is 1.51. The predicted octanol–water partition coefficient (Wildman–Crippen LogP) is 2.59. The molecule has 0 radical (unpaired) electrons. The number of carbonyl (C=O) groups excluding carboxylic acids is 1. The van der Waals surface area contributed by atoms with Crippen molar-refractivity contribution in [2.24, 2.45) is 0 Å². The molecule has 2 aromatic carbocycles. The Labute approximate surface area is 183 Å². The normalized spacial score (nSPS) is 16.3. The molecule has 1 amide bonds. The number of hydrogen-bond donors (Lipinski definition) is 1. The van der Waals surface area contributed by atoms with E-state index in [-0.39, 0.29) is 12.6 Å². The van der Waals surface area contributed by atoms with Crippen LogP contribution in [0, 0.1) is 0 Å². The molecular formula is C22H28N2O6S. The van der Waals surface area contributed by atoms with Crippen LogP contribution in [0.1, 0.15) is 20.3 Å². The summed E-state index contributed by atoms with van der Waals surface area (Å²) in [7, 11) is -3.71. The maximum absolute atomic E-state index is 13.0. The third kappa shape index (κ3) is 5.61. The van der Waals surface area contributed by atoms with E-state index in [2.05, 4.69) is 5.32 Å². The molecule has 2 aromatic rings. The molecule has 0 saturated carbocycles. The lowest BCUT2D eigenvalue weighted by atomic mass is 10.1. The van der Waals surface area contributed by atoms with Gasteiger partial charge in [-0.1, -0.05) is 19.1 Å². The van der Waals surface area contributed by atoms with Crippen LogP contribution in [0.15, 0.2) is 48.5 Å². The van der Waals surface area contributed by atoms with Gasteiger partial charge in [-0.3, -0.25) is 9.10 Å². The monoisotopic (exact) mass is 448 g/mol. The molecule has 31 heavy (non-hydrogen) atoms. The SMILES string of the molecule is CCOc1ccc(N([C@H](CC)C(=O)NC[C@@H]2COc3ccccc3O2)S(C)(=O)=O)cc1. The van der Waals surface area contributed by atoms with Crippen molar-refractivity contribution in [1.82, 2.24) is 5.32 Å². The number of fused-ring (bicyclic) bond motifs is 1. The summed E-state index contributed by atoms with van der Waals surface area (Å²) < 4.78 is 43.2. The van der Waals surface area contributed by atoms with Gasteiger partial charge in [-0.2, -0.15) is 0 Å².